The first-order valence-electron chi connectivity index (χ1n) is 5.60. The molecule has 18 heavy (non-hydrogen) atoms. The molecule has 5 heteroatoms. The highest BCUT2D eigenvalue weighted by Gasteiger charge is 2.17. The van der Waals surface area contributed by atoms with Crippen molar-refractivity contribution in [1.29, 1.82) is 5.26 Å². The van der Waals surface area contributed by atoms with Gasteiger partial charge in [0.1, 0.15) is 11.5 Å². The molecular formula is C13H17NO4. The summed E-state index contributed by atoms with van der Waals surface area (Å²) >= 11 is 0. The summed E-state index contributed by atoms with van der Waals surface area (Å²) in [5.41, 5.74) is 0.622. The van der Waals surface area contributed by atoms with Gasteiger partial charge in [0.05, 0.1) is 26.9 Å². The number of aliphatic hydroxyl groups excluding tert-OH is 1. The lowest BCUT2D eigenvalue weighted by Gasteiger charge is -2.15. The number of hydrogen-bond acceptors (Lipinski definition) is 5. The Bertz CT molecular complexity index is 414. The van der Waals surface area contributed by atoms with E-state index in [-0.39, 0.29) is 6.61 Å². The van der Waals surface area contributed by atoms with Gasteiger partial charge in [0.2, 0.25) is 0 Å². The molecule has 0 fully saturated rings. The fourth-order valence-corrected chi connectivity index (χ4v) is 1.51. The maximum Gasteiger partial charge on any atom is 0.172 e. The standard InChI is InChI=1S/C13H17NO4/c1-16-10-4-5-12(17-2)11(8-10)13(9-14)18-7-3-6-15/h4-5,8,13,15H,3,6-7H2,1-2H3. The van der Waals surface area contributed by atoms with Crippen molar-refractivity contribution in [2.24, 2.45) is 0 Å². The van der Waals surface area contributed by atoms with Crippen molar-refractivity contribution < 1.29 is 19.3 Å². The Hall–Kier alpha value is -1.77. The highest BCUT2D eigenvalue weighted by Crippen LogP contribution is 2.31. The van der Waals surface area contributed by atoms with Crippen molar-refractivity contribution in [2.45, 2.75) is 12.5 Å². The van der Waals surface area contributed by atoms with E-state index in [4.69, 9.17) is 24.6 Å². The first kappa shape index (κ1) is 14.3. The van der Waals surface area contributed by atoms with Crippen molar-refractivity contribution in [2.75, 3.05) is 27.4 Å². The molecule has 0 heterocycles. The summed E-state index contributed by atoms with van der Waals surface area (Å²) in [4.78, 5) is 0. The van der Waals surface area contributed by atoms with E-state index in [1.807, 2.05) is 0 Å². The predicted molar refractivity (Wildman–Crippen MR) is 65.6 cm³/mol. The van der Waals surface area contributed by atoms with Crippen LogP contribution in [-0.2, 0) is 4.74 Å². The minimum absolute atomic E-state index is 0.0351. The van der Waals surface area contributed by atoms with Crippen LogP contribution in [0.25, 0.3) is 0 Å². The van der Waals surface area contributed by atoms with Gasteiger partial charge >= 0.3 is 0 Å². The minimum Gasteiger partial charge on any atom is -0.497 e. The van der Waals surface area contributed by atoms with E-state index in [0.29, 0.717) is 30.1 Å². The molecule has 1 N–H and O–H groups in total. The Kier molecular flexibility index (Phi) is 5.98. The molecule has 1 aromatic carbocycles. The molecule has 0 aliphatic heterocycles. The highest BCUT2D eigenvalue weighted by atomic mass is 16.5. The molecule has 0 aromatic heterocycles. The number of hydrogen-bond donors (Lipinski definition) is 1. The van der Waals surface area contributed by atoms with Crippen molar-refractivity contribution in [3.63, 3.8) is 0 Å². The third-order valence-corrected chi connectivity index (χ3v) is 2.42. The Morgan fingerprint density at radius 1 is 1.33 bits per heavy atom. The molecule has 5 nitrogen and oxygen atoms in total. The van der Waals surface area contributed by atoms with Crippen LogP contribution in [0.15, 0.2) is 18.2 Å². The lowest BCUT2D eigenvalue weighted by atomic mass is 10.1. The van der Waals surface area contributed by atoms with E-state index in [9.17, 15) is 0 Å². The molecule has 1 aromatic rings. The third kappa shape index (κ3) is 3.62. The van der Waals surface area contributed by atoms with Crippen LogP contribution in [0.1, 0.15) is 18.1 Å². The average Bonchev–Trinajstić information content (AvgIpc) is 2.43. The molecule has 0 saturated heterocycles. The first-order valence-corrected chi connectivity index (χ1v) is 5.60. The zero-order valence-electron chi connectivity index (χ0n) is 10.5. The van der Waals surface area contributed by atoms with Gasteiger partial charge in [0.25, 0.3) is 0 Å². The maximum absolute atomic E-state index is 9.13. The van der Waals surface area contributed by atoms with Crippen molar-refractivity contribution in [3.05, 3.63) is 23.8 Å². The molecule has 0 saturated carbocycles. The van der Waals surface area contributed by atoms with Crippen LogP contribution in [0.5, 0.6) is 11.5 Å². The second-order valence-corrected chi connectivity index (χ2v) is 3.56. The first-order chi connectivity index (χ1) is 8.76. The van der Waals surface area contributed by atoms with Crippen LogP contribution >= 0.6 is 0 Å². The number of rotatable bonds is 7. The molecule has 98 valence electrons. The van der Waals surface area contributed by atoms with Crippen LogP contribution in [0.3, 0.4) is 0 Å². The summed E-state index contributed by atoms with van der Waals surface area (Å²) in [6.45, 7) is 0.350. The highest BCUT2D eigenvalue weighted by molar-refractivity contribution is 5.43. The molecule has 1 atom stereocenters. The van der Waals surface area contributed by atoms with Gasteiger partial charge in [0, 0.05) is 12.2 Å². The fourth-order valence-electron chi connectivity index (χ4n) is 1.51. The zero-order valence-corrected chi connectivity index (χ0v) is 10.5. The summed E-state index contributed by atoms with van der Waals surface area (Å²) in [7, 11) is 3.09. The number of benzene rings is 1. The second-order valence-electron chi connectivity index (χ2n) is 3.56. The van der Waals surface area contributed by atoms with Crippen LogP contribution in [0.2, 0.25) is 0 Å². The van der Waals surface area contributed by atoms with E-state index < -0.39 is 6.10 Å². The Balaban J connectivity index is 2.92. The molecule has 1 unspecified atom stereocenters. The predicted octanol–water partition coefficient (Wildman–Crippen LogP) is 1.67. The molecule has 0 aliphatic rings. The smallest absolute Gasteiger partial charge is 0.172 e. The number of nitrogens with zero attached hydrogens (tertiary/aromatic N) is 1. The number of ether oxygens (including phenoxy) is 3. The third-order valence-electron chi connectivity index (χ3n) is 2.42. The van der Waals surface area contributed by atoms with Gasteiger partial charge in [0.15, 0.2) is 6.10 Å². The summed E-state index contributed by atoms with van der Waals surface area (Å²) in [5.74, 6) is 1.21. The van der Waals surface area contributed by atoms with E-state index in [1.165, 1.54) is 7.11 Å². The fraction of sp³-hybridized carbons (Fsp3) is 0.462. The van der Waals surface area contributed by atoms with E-state index in [1.54, 1.807) is 25.3 Å². The Morgan fingerprint density at radius 2 is 2.11 bits per heavy atom. The van der Waals surface area contributed by atoms with Gasteiger partial charge in [-0.3, -0.25) is 0 Å². The molecule has 1 rings (SSSR count). The number of nitriles is 1. The lowest BCUT2D eigenvalue weighted by Crippen LogP contribution is -2.06. The molecule has 0 bridgehead atoms. The van der Waals surface area contributed by atoms with Crippen LogP contribution in [0.4, 0.5) is 0 Å². The van der Waals surface area contributed by atoms with Crippen LogP contribution < -0.4 is 9.47 Å². The monoisotopic (exact) mass is 251 g/mol. The van der Waals surface area contributed by atoms with Crippen molar-refractivity contribution in [3.8, 4) is 17.6 Å². The molecule has 0 radical (unpaired) electrons. The lowest BCUT2D eigenvalue weighted by molar-refractivity contribution is 0.0757. The minimum atomic E-state index is -0.735. The van der Waals surface area contributed by atoms with Gasteiger partial charge in [-0.1, -0.05) is 0 Å². The molecule has 0 aliphatic carbocycles. The van der Waals surface area contributed by atoms with Gasteiger partial charge in [-0.15, -0.1) is 0 Å². The van der Waals surface area contributed by atoms with Gasteiger partial charge < -0.3 is 19.3 Å². The normalized spacial score (nSPS) is 11.7. The molecular weight excluding hydrogens is 234 g/mol. The summed E-state index contributed by atoms with van der Waals surface area (Å²) in [6, 6.07) is 7.26. The summed E-state index contributed by atoms with van der Waals surface area (Å²) < 4.78 is 15.7. The number of aliphatic hydroxyl groups is 1. The maximum atomic E-state index is 9.13. The molecule has 0 amide bonds. The molecule has 0 spiro atoms. The van der Waals surface area contributed by atoms with E-state index in [0.717, 1.165) is 0 Å². The van der Waals surface area contributed by atoms with Gasteiger partial charge in [-0.2, -0.15) is 5.26 Å². The van der Waals surface area contributed by atoms with Gasteiger partial charge in [-0.25, -0.2) is 0 Å². The number of methoxy groups -OCH3 is 2. The van der Waals surface area contributed by atoms with Crippen molar-refractivity contribution in [1.82, 2.24) is 0 Å². The second kappa shape index (κ2) is 7.54. The largest absolute Gasteiger partial charge is 0.497 e. The average molecular weight is 251 g/mol. The quantitative estimate of drug-likeness (QED) is 0.746. The van der Waals surface area contributed by atoms with Crippen LogP contribution in [0, 0.1) is 11.3 Å². The zero-order chi connectivity index (χ0) is 13.4. The SMILES string of the molecule is COc1ccc(OC)c(C(C#N)OCCCO)c1. The van der Waals surface area contributed by atoms with Crippen molar-refractivity contribution >= 4 is 0 Å². The van der Waals surface area contributed by atoms with E-state index in [2.05, 4.69) is 6.07 Å². The topological polar surface area (TPSA) is 71.7 Å². The van der Waals surface area contributed by atoms with Gasteiger partial charge in [-0.05, 0) is 24.6 Å². The summed E-state index contributed by atoms with van der Waals surface area (Å²) in [5, 5.41) is 17.8. The van der Waals surface area contributed by atoms with Crippen LogP contribution in [-0.4, -0.2) is 32.5 Å². The summed E-state index contributed by atoms with van der Waals surface area (Å²) in [6.07, 6.45) is -0.244. The Morgan fingerprint density at radius 3 is 2.67 bits per heavy atom. The van der Waals surface area contributed by atoms with E-state index >= 15 is 0 Å². The Labute approximate surface area is 107 Å².